The minimum Gasteiger partial charge on any atom is -0.387 e. The van der Waals surface area contributed by atoms with Crippen LogP contribution in [0.5, 0.6) is 0 Å². The van der Waals surface area contributed by atoms with Crippen molar-refractivity contribution < 1.29 is 9.84 Å². The molecule has 0 radical (unpaired) electrons. The second-order valence-electron chi connectivity index (χ2n) is 4.20. The number of aliphatic hydroxyl groups excluding tert-OH is 1. The van der Waals surface area contributed by atoms with Crippen molar-refractivity contribution in [3.05, 3.63) is 18.0 Å². The van der Waals surface area contributed by atoms with Crippen molar-refractivity contribution in [1.82, 2.24) is 9.78 Å². The summed E-state index contributed by atoms with van der Waals surface area (Å²) in [6.45, 7) is 4.08. The fourth-order valence-corrected chi connectivity index (χ4v) is 1.42. The molecule has 1 aromatic heterocycles. The van der Waals surface area contributed by atoms with Crippen LogP contribution in [0, 0.1) is 5.92 Å². The van der Waals surface area contributed by atoms with Crippen molar-refractivity contribution in [1.29, 1.82) is 0 Å². The molecule has 1 fully saturated rings. The first-order valence-corrected chi connectivity index (χ1v) is 5.55. The van der Waals surface area contributed by atoms with Crippen molar-refractivity contribution in [3.63, 3.8) is 0 Å². The van der Waals surface area contributed by atoms with Gasteiger partial charge in [0.25, 0.3) is 0 Å². The largest absolute Gasteiger partial charge is 0.387 e. The van der Waals surface area contributed by atoms with Gasteiger partial charge in [-0.3, -0.25) is 4.68 Å². The van der Waals surface area contributed by atoms with Crippen LogP contribution in [-0.2, 0) is 11.3 Å². The lowest BCUT2D eigenvalue weighted by Gasteiger charge is -2.03. The van der Waals surface area contributed by atoms with E-state index in [2.05, 4.69) is 5.10 Å². The Labute approximate surface area is 89.9 Å². The van der Waals surface area contributed by atoms with Gasteiger partial charge >= 0.3 is 0 Å². The van der Waals surface area contributed by atoms with Gasteiger partial charge in [-0.25, -0.2) is 0 Å². The average molecular weight is 210 g/mol. The average Bonchev–Trinajstić information content (AvgIpc) is 2.90. The van der Waals surface area contributed by atoms with Gasteiger partial charge < -0.3 is 9.84 Å². The molecule has 0 amide bonds. The van der Waals surface area contributed by atoms with Crippen molar-refractivity contribution in [2.75, 3.05) is 13.2 Å². The van der Waals surface area contributed by atoms with Crippen LogP contribution in [-0.4, -0.2) is 28.1 Å². The first-order valence-electron chi connectivity index (χ1n) is 5.55. The topological polar surface area (TPSA) is 47.3 Å². The van der Waals surface area contributed by atoms with Crippen LogP contribution in [0.3, 0.4) is 0 Å². The van der Waals surface area contributed by atoms with Gasteiger partial charge in [0.15, 0.2) is 0 Å². The minimum atomic E-state index is -0.487. The lowest BCUT2D eigenvalue weighted by molar-refractivity contribution is 0.114. The van der Waals surface area contributed by atoms with E-state index in [9.17, 15) is 5.11 Å². The van der Waals surface area contributed by atoms with E-state index < -0.39 is 6.10 Å². The number of aliphatic hydroxyl groups is 1. The number of rotatable bonds is 6. The third-order valence-corrected chi connectivity index (χ3v) is 2.60. The molecule has 1 N–H and O–H groups in total. The normalized spacial score (nSPS) is 18.0. The maximum absolute atomic E-state index is 9.28. The lowest BCUT2D eigenvalue weighted by atomic mass is 10.3. The van der Waals surface area contributed by atoms with Crippen LogP contribution < -0.4 is 0 Å². The zero-order valence-corrected chi connectivity index (χ0v) is 9.09. The van der Waals surface area contributed by atoms with Crippen molar-refractivity contribution in [3.8, 4) is 0 Å². The Balaban J connectivity index is 1.67. The molecule has 1 saturated carbocycles. The Kier molecular flexibility index (Phi) is 3.38. The third-order valence-electron chi connectivity index (χ3n) is 2.60. The van der Waals surface area contributed by atoms with Gasteiger partial charge in [0.05, 0.1) is 24.9 Å². The summed E-state index contributed by atoms with van der Waals surface area (Å²) in [6.07, 6.45) is 4.04. The second kappa shape index (κ2) is 4.77. The van der Waals surface area contributed by atoms with Crippen LogP contribution in [0.4, 0.5) is 0 Å². The summed E-state index contributed by atoms with van der Waals surface area (Å²) < 4.78 is 7.32. The molecule has 0 aliphatic heterocycles. The minimum absolute atomic E-state index is 0.487. The van der Waals surface area contributed by atoms with E-state index in [0.717, 1.165) is 24.8 Å². The Morgan fingerprint density at radius 1 is 1.67 bits per heavy atom. The highest BCUT2D eigenvalue weighted by molar-refractivity contribution is 5.01. The summed E-state index contributed by atoms with van der Waals surface area (Å²) in [5.74, 6) is 0.815. The number of hydrogen-bond acceptors (Lipinski definition) is 3. The molecular formula is C11H18N2O2. The van der Waals surface area contributed by atoms with Crippen LogP contribution in [0.25, 0.3) is 0 Å². The van der Waals surface area contributed by atoms with Crippen LogP contribution >= 0.6 is 0 Å². The van der Waals surface area contributed by atoms with E-state index >= 15 is 0 Å². The molecule has 1 aliphatic carbocycles. The third kappa shape index (κ3) is 3.32. The molecule has 1 unspecified atom stereocenters. The van der Waals surface area contributed by atoms with Gasteiger partial charge in [-0.2, -0.15) is 5.10 Å². The first-order chi connectivity index (χ1) is 7.25. The lowest BCUT2D eigenvalue weighted by Crippen LogP contribution is -2.08. The second-order valence-corrected chi connectivity index (χ2v) is 4.20. The van der Waals surface area contributed by atoms with Crippen molar-refractivity contribution in [2.45, 2.75) is 32.4 Å². The molecule has 0 aromatic carbocycles. The molecule has 0 saturated heterocycles. The Morgan fingerprint density at radius 2 is 2.47 bits per heavy atom. The molecule has 0 bridgehead atoms. The highest BCUT2D eigenvalue weighted by Gasteiger charge is 2.20. The van der Waals surface area contributed by atoms with E-state index in [1.165, 1.54) is 12.8 Å². The zero-order valence-electron chi connectivity index (χ0n) is 9.09. The van der Waals surface area contributed by atoms with Gasteiger partial charge in [-0.15, -0.1) is 0 Å². The Hall–Kier alpha value is -0.870. The predicted octanol–water partition coefficient (Wildman–Crippen LogP) is 1.36. The number of hydrogen-bond donors (Lipinski definition) is 1. The molecule has 15 heavy (non-hydrogen) atoms. The summed E-state index contributed by atoms with van der Waals surface area (Å²) in [5, 5.41) is 13.5. The molecular weight excluding hydrogens is 192 g/mol. The number of ether oxygens (including phenoxy) is 1. The molecule has 1 heterocycles. The highest BCUT2D eigenvalue weighted by Crippen LogP contribution is 2.28. The molecule has 4 heteroatoms. The van der Waals surface area contributed by atoms with Crippen LogP contribution in [0.15, 0.2) is 12.3 Å². The fourth-order valence-electron chi connectivity index (χ4n) is 1.42. The highest BCUT2D eigenvalue weighted by atomic mass is 16.5. The molecule has 1 aliphatic rings. The number of nitrogens with zero attached hydrogens (tertiary/aromatic N) is 2. The zero-order chi connectivity index (χ0) is 10.7. The van der Waals surface area contributed by atoms with Gasteiger partial charge in [-0.1, -0.05) is 0 Å². The Bertz CT molecular complexity index is 305. The summed E-state index contributed by atoms with van der Waals surface area (Å²) >= 11 is 0. The molecule has 4 nitrogen and oxygen atoms in total. The van der Waals surface area contributed by atoms with E-state index in [1.54, 1.807) is 6.92 Å². The van der Waals surface area contributed by atoms with Crippen LogP contribution in [0.1, 0.15) is 31.6 Å². The molecule has 1 atom stereocenters. The van der Waals surface area contributed by atoms with Gasteiger partial charge in [0.2, 0.25) is 0 Å². The summed E-state index contributed by atoms with van der Waals surface area (Å²) in [7, 11) is 0. The standard InChI is InChI=1S/C11H18N2O2/c1-9(14)11-4-5-13(12-11)6-7-15-8-10-2-3-10/h4-5,9-10,14H,2-3,6-8H2,1H3. The van der Waals surface area contributed by atoms with E-state index in [1.807, 2.05) is 16.9 Å². The SMILES string of the molecule is CC(O)c1ccn(CCOCC2CC2)n1. The molecule has 0 spiro atoms. The van der Waals surface area contributed by atoms with Gasteiger partial charge in [0, 0.05) is 12.8 Å². The van der Waals surface area contributed by atoms with Gasteiger partial charge in [0.1, 0.15) is 0 Å². The van der Waals surface area contributed by atoms with E-state index in [-0.39, 0.29) is 0 Å². The van der Waals surface area contributed by atoms with Crippen LogP contribution in [0.2, 0.25) is 0 Å². The molecule has 84 valence electrons. The van der Waals surface area contributed by atoms with E-state index in [4.69, 9.17) is 4.74 Å². The quantitative estimate of drug-likeness (QED) is 0.721. The smallest absolute Gasteiger partial charge is 0.0950 e. The summed E-state index contributed by atoms with van der Waals surface area (Å²) in [6, 6.07) is 1.84. The number of aromatic nitrogens is 2. The Morgan fingerprint density at radius 3 is 3.07 bits per heavy atom. The maximum atomic E-state index is 9.28. The molecule has 2 rings (SSSR count). The summed E-state index contributed by atoms with van der Waals surface area (Å²) in [4.78, 5) is 0. The van der Waals surface area contributed by atoms with E-state index in [0.29, 0.717) is 6.61 Å². The van der Waals surface area contributed by atoms with Gasteiger partial charge in [-0.05, 0) is 31.7 Å². The first kappa shape index (κ1) is 10.6. The summed E-state index contributed by atoms with van der Waals surface area (Å²) in [5.41, 5.74) is 0.720. The fraction of sp³-hybridized carbons (Fsp3) is 0.727. The van der Waals surface area contributed by atoms with Crippen molar-refractivity contribution >= 4 is 0 Å². The predicted molar refractivity (Wildman–Crippen MR) is 56.4 cm³/mol. The molecule has 1 aromatic rings. The van der Waals surface area contributed by atoms with Crippen molar-refractivity contribution in [2.24, 2.45) is 5.92 Å². The monoisotopic (exact) mass is 210 g/mol. The maximum Gasteiger partial charge on any atom is 0.0950 e.